The van der Waals surface area contributed by atoms with Crippen molar-refractivity contribution >= 4 is 0 Å². The summed E-state index contributed by atoms with van der Waals surface area (Å²) >= 11 is 0. The van der Waals surface area contributed by atoms with Gasteiger partial charge in [0.15, 0.2) is 0 Å². The van der Waals surface area contributed by atoms with Crippen molar-refractivity contribution in [3.8, 4) is 5.75 Å². The van der Waals surface area contributed by atoms with Crippen LogP contribution >= 0.6 is 0 Å². The molecule has 2 rings (SSSR count). The molecule has 0 atom stereocenters. The van der Waals surface area contributed by atoms with E-state index in [2.05, 4.69) is 12.1 Å². The Kier molecular flexibility index (Phi) is 4.17. The Labute approximate surface area is 101 Å². The lowest BCUT2D eigenvalue weighted by Gasteiger charge is -2.07. The average molecular weight is 228 g/mol. The lowest BCUT2D eigenvalue weighted by atomic mass is 10.2. The predicted molar refractivity (Wildman–Crippen MR) is 68.0 cm³/mol. The Morgan fingerprint density at radius 1 is 0.882 bits per heavy atom. The zero-order valence-electron chi connectivity index (χ0n) is 9.67. The van der Waals surface area contributed by atoms with Crippen LogP contribution in [0.15, 0.2) is 54.6 Å². The van der Waals surface area contributed by atoms with Crippen LogP contribution in [-0.2, 0) is 13.0 Å². The van der Waals surface area contributed by atoms with Crippen LogP contribution < -0.4 is 4.74 Å². The van der Waals surface area contributed by atoms with Gasteiger partial charge in [0.2, 0.25) is 0 Å². The molecule has 0 saturated carbocycles. The fourth-order valence-corrected chi connectivity index (χ4v) is 1.67. The standard InChI is InChI=1S/C15H16O2/c16-12-14-7-4-8-15(11-14)17-10-9-13-5-2-1-3-6-13/h1-8,11,16H,9-10,12H2. The van der Waals surface area contributed by atoms with Crippen molar-refractivity contribution < 1.29 is 9.84 Å². The van der Waals surface area contributed by atoms with Crippen LogP contribution in [0.1, 0.15) is 11.1 Å². The largest absolute Gasteiger partial charge is 0.493 e. The van der Waals surface area contributed by atoms with Gasteiger partial charge in [-0.1, -0.05) is 42.5 Å². The van der Waals surface area contributed by atoms with Crippen LogP contribution in [0.3, 0.4) is 0 Å². The average Bonchev–Trinajstić information content (AvgIpc) is 2.40. The summed E-state index contributed by atoms with van der Waals surface area (Å²) in [5, 5.41) is 9.01. The number of hydrogen-bond acceptors (Lipinski definition) is 2. The molecule has 0 aliphatic heterocycles. The smallest absolute Gasteiger partial charge is 0.119 e. The van der Waals surface area contributed by atoms with Crippen molar-refractivity contribution in [3.05, 3.63) is 65.7 Å². The first-order valence-electron chi connectivity index (χ1n) is 5.75. The summed E-state index contributed by atoms with van der Waals surface area (Å²) in [5.41, 5.74) is 2.15. The molecule has 0 aliphatic rings. The van der Waals surface area contributed by atoms with Crippen molar-refractivity contribution in [3.63, 3.8) is 0 Å². The Morgan fingerprint density at radius 3 is 2.41 bits per heavy atom. The molecule has 0 heterocycles. The molecule has 1 N–H and O–H groups in total. The van der Waals surface area contributed by atoms with E-state index < -0.39 is 0 Å². The van der Waals surface area contributed by atoms with Crippen molar-refractivity contribution in [2.45, 2.75) is 13.0 Å². The maximum absolute atomic E-state index is 9.01. The first kappa shape index (κ1) is 11.7. The van der Waals surface area contributed by atoms with Crippen LogP contribution in [0.5, 0.6) is 5.75 Å². The van der Waals surface area contributed by atoms with E-state index in [-0.39, 0.29) is 6.61 Å². The Hall–Kier alpha value is -1.80. The minimum absolute atomic E-state index is 0.0515. The van der Waals surface area contributed by atoms with E-state index in [4.69, 9.17) is 9.84 Å². The number of rotatable bonds is 5. The third-order valence-corrected chi connectivity index (χ3v) is 2.58. The quantitative estimate of drug-likeness (QED) is 0.852. The van der Waals surface area contributed by atoms with E-state index in [0.29, 0.717) is 6.61 Å². The summed E-state index contributed by atoms with van der Waals surface area (Å²) in [7, 11) is 0. The summed E-state index contributed by atoms with van der Waals surface area (Å²) in [5.74, 6) is 0.812. The molecule has 0 saturated heterocycles. The Morgan fingerprint density at radius 2 is 1.65 bits per heavy atom. The molecule has 17 heavy (non-hydrogen) atoms. The fourth-order valence-electron chi connectivity index (χ4n) is 1.67. The topological polar surface area (TPSA) is 29.5 Å². The molecule has 0 unspecified atom stereocenters. The number of benzene rings is 2. The molecule has 0 aliphatic carbocycles. The first-order valence-corrected chi connectivity index (χ1v) is 5.75. The summed E-state index contributed by atoms with van der Waals surface area (Å²) in [6.07, 6.45) is 0.893. The third kappa shape index (κ3) is 3.61. The zero-order chi connectivity index (χ0) is 11.9. The molecule has 0 radical (unpaired) electrons. The predicted octanol–water partition coefficient (Wildman–Crippen LogP) is 2.80. The summed E-state index contributed by atoms with van der Waals surface area (Å²) in [6.45, 7) is 0.703. The van der Waals surface area contributed by atoms with E-state index >= 15 is 0 Å². The summed E-state index contributed by atoms with van der Waals surface area (Å²) in [6, 6.07) is 17.8. The van der Waals surface area contributed by atoms with Gasteiger partial charge in [0, 0.05) is 6.42 Å². The number of aliphatic hydroxyl groups is 1. The summed E-state index contributed by atoms with van der Waals surface area (Å²) < 4.78 is 5.64. The molecular formula is C15H16O2. The molecule has 88 valence electrons. The third-order valence-electron chi connectivity index (χ3n) is 2.58. The van der Waals surface area contributed by atoms with Gasteiger partial charge in [0.25, 0.3) is 0 Å². The van der Waals surface area contributed by atoms with Crippen LogP contribution in [-0.4, -0.2) is 11.7 Å². The highest BCUT2D eigenvalue weighted by molar-refractivity contribution is 5.28. The minimum Gasteiger partial charge on any atom is -0.493 e. The lowest BCUT2D eigenvalue weighted by molar-refractivity contribution is 0.279. The van der Waals surface area contributed by atoms with Gasteiger partial charge >= 0.3 is 0 Å². The minimum atomic E-state index is 0.0515. The van der Waals surface area contributed by atoms with Gasteiger partial charge in [-0.05, 0) is 23.3 Å². The monoisotopic (exact) mass is 228 g/mol. The normalized spacial score (nSPS) is 10.2. The molecule has 0 fully saturated rings. The molecule has 0 spiro atoms. The van der Waals surface area contributed by atoms with Gasteiger partial charge in [0.05, 0.1) is 13.2 Å². The molecule has 0 aromatic heterocycles. The maximum atomic E-state index is 9.01. The Balaban J connectivity index is 1.86. The first-order chi connectivity index (χ1) is 8.38. The summed E-state index contributed by atoms with van der Waals surface area (Å²) in [4.78, 5) is 0. The highest BCUT2D eigenvalue weighted by atomic mass is 16.5. The second kappa shape index (κ2) is 6.06. The second-order valence-electron chi connectivity index (χ2n) is 3.89. The van der Waals surface area contributed by atoms with Crippen LogP contribution in [0.4, 0.5) is 0 Å². The number of ether oxygens (including phenoxy) is 1. The van der Waals surface area contributed by atoms with E-state index in [9.17, 15) is 0 Å². The highest BCUT2D eigenvalue weighted by Crippen LogP contribution is 2.13. The second-order valence-corrected chi connectivity index (χ2v) is 3.89. The fraction of sp³-hybridized carbons (Fsp3) is 0.200. The van der Waals surface area contributed by atoms with Gasteiger partial charge in [-0.15, -0.1) is 0 Å². The SMILES string of the molecule is OCc1cccc(OCCc2ccccc2)c1. The molecule has 2 heteroatoms. The molecule has 2 nitrogen and oxygen atoms in total. The number of aliphatic hydroxyl groups excluding tert-OH is 1. The van der Waals surface area contributed by atoms with Crippen molar-refractivity contribution in [2.24, 2.45) is 0 Å². The van der Waals surface area contributed by atoms with Crippen LogP contribution in [0.25, 0.3) is 0 Å². The molecule has 2 aromatic carbocycles. The van der Waals surface area contributed by atoms with Gasteiger partial charge in [0.1, 0.15) is 5.75 Å². The van der Waals surface area contributed by atoms with Crippen molar-refractivity contribution in [2.75, 3.05) is 6.61 Å². The molecule has 0 bridgehead atoms. The van der Waals surface area contributed by atoms with E-state index in [1.54, 1.807) is 0 Å². The van der Waals surface area contributed by atoms with E-state index in [1.165, 1.54) is 5.56 Å². The van der Waals surface area contributed by atoms with E-state index in [1.807, 2.05) is 42.5 Å². The van der Waals surface area contributed by atoms with Crippen molar-refractivity contribution in [1.29, 1.82) is 0 Å². The zero-order valence-corrected chi connectivity index (χ0v) is 9.67. The van der Waals surface area contributed by atoms with E-state index in [0.717, 1.165) is 17.7 Å². The Bertz CT molecular complexity index is 451. The van der Waals surface area contributed by atoms with Crippen LogP contribution in [0, 0.1) is 0 Å². The molecule has 2 aromatic rings. The van der Waals surface area contributed by atoms with Gasteiger partial charge < -0.3 is 9.84 Å². The van der Waals surface area contributed by atoms with Gasteiger partial charge in [-0.25, -0.2) is 0 Å². The van der Waals surface area contributed by atoms with Gasteiger partial charge in [-0.2, -0.15) is 0 Å². The van der Waals surface area contributed by atoms with Gasteiger partial charge in [-0.3, -0.25) is 0 Å². The highest BCUT2D eigenvalue weighted by Gasteiger charge is 1.96. The van der Waals surface area contributed by atoms with Crippen molar-refractivity contribution in [1.82, 2.24) is 0 Å². The maximum Gasteiger partial charge on any atom is 0.119 e. The lowest BCUT2D eigenvalue weighted by Crippen LogP contribution is -2.01. The van der Waals surface area contributed by atoms with Crippen LogP contribution in [0.2, 0.25) is 0 Å². The molecular weight excluding hydrogens is 212 g/mol. The molecule has 0 amide bonds. The number of hydrogen-bond donors (Lipinski definition) is 1.